The predicted molar refractivity (Wildman–Crippen MR) is 104 cm³/mol. The Bertz CT molecular complexity index is 952. The van der Waals surface area contributed by atoms with E-state index in [0.29, 0.717) is 11.3 Å². The van der Waals surface area contributed by atoms with E-state index in [1.54, 1.807) is 30.3 Å². The van der Waals surface area contributed by atoms with Crippen LogP contribution in [0.3, 0.4) is 0 Å². The Kier molecular flexibility index (Phi) is 7.06. The van der Waals surface area contributed by atoms with Crippen molar-refractivity contribution in [2.24, 2.45) is 0 Å². The highest BCUT2D eigenvalue weighted by molar-refractivity contribution is 7.91. The lowest BCUT2D eigenvalue weighted by Crippen LogP contribution is -2.25. The maximum Gasteiger partial charge on any atom is 0.307 e. The number of carbonyl (C=O) groups excluding carboxylic acids is 3. The second-order valence-electron chi connectivity index (χ2n) is 6.14. The number of hydrogen-bond acceptors (Lipinski definition) is 6. The molecule has 8 heteroatoms. The SMILES string of the molecule is CC(=O)Nc1ccc(C(=O)[C@@H](C)OC(=O)CCS(=O)(=O)c2ccccc2)cc1. The van der Waals surface area contributed by atoms with Gasteiger partial charge in [0.2, 0.25) is 11.7 Å². The summed E-state index contributed by atoms with van der Waals surface area (Å²) < 4.78 is 29.4. The Balaban J connectivity index is 1.91. The predicted octanol–water partition coefficient (Wildman–Crippen LogP) is 2.62. The van der Waals surface area contributed by atoms with Crippen molar-refractivity contribution in [1.82, 2.24) is 0 Å². The molecule has 0 saturated heterocycles. The van der Waals surface area contributed by atoms with E-state index in [4.69, 9.17) is 4.74 Å². The maximum absolute atomic E-state index is 12.4. The van der Waals surface area contributed by atoms with Crippen molar-refractivity contribution in [3.8, 4) is 0 Å². The van der Waals surface area contributed by atoms with E-state index < -0.39 is 33.4 Å². The molecule has 0 aliphatic rings. The second-order valence-corrected chi connectivity index (χ2v) is 8.25. The number of carbonyl (C=O) groups is 3. The summed E-state index contributed by atoms with van der Waals surface area (Å²) in [6, 6.07) is 14.0. The van der Waals surface area contributed by atoms with E-state index in [1.165, 1.54) is 38.1 Å². The van der Waals surface area contributed by atoms with Crippen LogP contribution in [0.4, 0.5) is 5.69 Å². The van der Waals surface area contributed by atoms with E-state index >= 15 is 0 Å². The second kappa shape index (κ2) is 9.27. The number of Topliss-reactive ketones (excluding diaryl/α,β-unsaturated/α-hetero) is 1. The van der Waals surface area contributed by atoms with Crippen LogP contribution >= 0.6 is 0 Å². The summed E-state index contributed by atoms with van der Waals surface area (Å²) in [6.45, 7) is 2.80. The minimum atomic E-state index is -3.60. The minimum absolute atomic E-state index is 0.131. The molecule has 7 nitrogen and oxygen atoms in total. The molecule has 1 amide bonds. The Morgan fingerprint density at radius 1 is 1.00 bits per heavy atom. The monoisotopic (exact) mass is 403 g/mol. The lowest BCUT2D eigenvalue weighted by Gasteiger charge is -2.13. The number of nitrogens with one attached hydrogen (secondary N) is 1. The number of esters is 1. The topological polar surface area (TPSA) is 107 Å². The molecule has 0 radical (unpaired) electrons. The molecule has 0 unspecified atom stereocenters. The average Bonchev–Trinajstić information content (AvgIpc) is 2.67. The largest absolute Gasteiger partial charge is 0.454 e. The van der Waals surface area contributed by atoms with Gasteiger partial charge in [-0.2, -0.15) is 0 Å². The van der Waals surface area contributed by atoms with Gasteiger partial charge < -0.3 is 10.1 Å². The molecule has 0 heterocycles. The minimum Gasteiger partial charge on any atom is -0.454 e. The Morgan fingerprint density at radius 3 is 2.18 bits per heavy atom. The van der Waals surface area contributed by atoms with Crippen LogP contribution in [0.2, 0.25) is 0 Å². The first-order valence-corrected chi connectivity index (χ1v) is 10.2. The molecule has 0 aliphatic heterocycles. The molecule has 148 valence electrons. The van der Waals surface area contributed by atoms with Gasteiger partial charge >= 0.3 is 5.97 Å². The first-order valence-electron chi connectivity index (χ1n) is 8.58. The number of rotatable bonds is 8. The molecule has 0 fully saturated rings. The number of hydrogen-bond donors (Lipinski definition) is 1. The molecule has 1 N–H and O–H groups in total. The van der Waals surface area contributed by atoms with Crippen LogP contribution in [0.5, 0.6) is 0 Å². The van der Waals surface area contributed by atoms with Gasteiger partial charge in [0.15, 0.2) is 15.9 Å². The van der Waals surface area contributed by atoms with Gasteiger partial charge in [0.1, 0.15) is 0 Å². The third kappa shape index (κ3) is 6.02. The zero-order chi connectivity index (χ0) is 20.7. The van der Waals surface area contributed by atoms with Crippen LogP contribution in [0, 0.1) is 0 Å². The highest BCUT2D eigenvalue weighted by Crippen LogP contribution is 2.14. The highest BCUT2D eigenvalue weighted by Gasteiger charge is 2.22. The van der Waals surface area contributed by atoms with Gasteiger partial charge in [-0.25, -0.2) is 8.42 Å². The van der Waals surface area contributed by atoms with Crippen molar-refractivity contribution in [3.63, 3.8) is 0 Å². The molecular formula is C20H21NO6S. The summed E-state index contributed by atoms with van der Waals surface area (Å²) >= 11 is 0. The van der Waals surface area contributed by atoms with E-state index in [0.717, 1.165) is 0 Å². The number of amides is 1. The fraction of sp³-hybridized carbons (Fsp3) is 0.250. The van der Waals surface area contributed by atoms with Crippen LogP contribution in [-0.2, 0) is 24.2 Å². The van der Waals surface area contributed by atoms with Crippen molar-refractivity contribution >= 4 is 33.2 Å². The van der Waals surface area contributed by atoms with Crippen LogP contribution in [0.25, 0.3) is 0 Å². The number of anilines is 1. The van der Waals surface area contributed by atoms with Gasteiger partial charge in [-0.05, 0) is 43.3 Å². The van der Waals surface area contributed by atoms with Crippen LogP contribution in [-0.4, -0.2) is 37.9 Å². The summed E-state index contributed by atoms with van der Waals surface area (Å²) in [6.07, 6.45) is -1.41. The molecule has 0 aliphatic carbocycles. The number of ketones is 1. The highest BCUT2D eigenvalue weighted by atomic mass is 32.2. The van der Waals surface area contributed by atoms with Gasteiger partial charge in [-0.15, -0.1) is 0 Å². The Morgan fingerprint density at radius 2 is 1.61 bits per heavy atom. The van der Waals surface area contributed by atoms with E-state index in [-0.39, 0.29) is 17.2 Å². The average molecular weight is 403 g/mol. The third-order valence-electron chi connectivity index (χ3n) is 3.84. The fourth-order valence-electron chi connectivity index (χ4n) is 2.43. The molecule has 1 atom stereocenters. The molecule has 0 aromatic heterocycles. The van der Waals surface area contributed by atoms with Crippen LogP contribution < -0.4 is 5.32 Å². The number of sulfone groups is 1. The number of benzene rings is 2. The zero-order valence-electron chi connectivity index (χ0n) is 15.5. The first kappa shape index (κ1) is 21.3. The smallest absolute Gasteiger partial charge is 0.307 e. The van der Waals surface area contributed by atoms with Gasteiger partial charge in [0.25, 0.3) is 0 Å². The summed E-state index contributed by atoms with van der Waals surface area (Å²) in [7, 11) is -3.60. The fourth-order valence-corrected chi connectivity index (χ4v) is 3.67. The quantitative estimate of drug-likeness (QED) is 0.536. The lowest BCUT2D eigenvalue weighted by atomic mass is 10.1. The standard InChI is InChI=1S/C20H21NO6S/c1-14(20(24)16-8-10-17(11-9-16)21-15(2)22)27-19(23)12-13-28(25,26)18-6-4-3-5-7-18/h3-11,14H,12-13H2,1-2H3,(H,21,22)/t14-/m1/s1. The van der Waals surface area contributed by atoms with Crippen molar-refractivity contribution < 1.29 is 27.5 Å². The van der Waals surface area contributed by atoms with Crippen LogP contribution in [0.15, 0.2) is 59.5 Å². The van der Waals surface area contributed by atoms with Crippen LogP contribution in [0.1, 0.15) is 30.6 Å². The van der Waals surface area contributed by atoms with Crippen molar-refractivity contribution in [3.05, 3.63) is 60.2 Å². The van der Waals surface area contributed by atoms with Gasteiger partial charge in [-0.1, -0.05) is 18.2 Å². The lowest BCUT2D eigenvalue weighted by molar-refractivity contribution is -0.145. The molecule has 0 spiro atoms. The van der Waals surface area contributed by atoms with Crippen molar-refractivity contribution in [1.29, 1.82) is 0 Å². The number of ether oxygens (including phenoxy) is 1. The van der Waals surface area contributed by atoms with Gasteiger partial charge in [0, 0.05) is 18.2 Å². The molecule has 2 aromatic rings. The molecule has 0 saturated carbocycles. The normalized spacial score (nSPS) is 12.1. The summed E-state index contributed by atoms with van der Waals surface area (Å²) in [5.74, 6) is -1.82. The molecular weight excluding hydrogens is 382 g/mol. The molecule has 0 bridgehead atoms. The van der Waals surface area contributed by atoms with E-state index in [1.807, 2.05) is 0 Å². The summed E-state index contributed by atoms with van der Waals surface area (Å²) in [5.41, 5.74) is 0.853. The molecule has 28 heavy (non-hydrogen) atoms. The van der Waals surface area contributed by atoms with E-state index in [2.05, 4.69) is 5.32 Å². The van der Waals surface area contributed by atoms with E-state index in [9.17, 15) is 22.8 Å². The van der Waals surface area contributed by atoms with Gasteiger partial charge in [-0.3, -0.25) is 14.4 Å². The Labute approximate surface area is 163 Å². The van der Waals surface area contributed by atoms with Crippen molar-refractivity contribution in [2.45, 2.75) is 31.3 Å². The summed E-state index contributed by atoms with van der Waals surface area (Å²) in [4.78, 5) is 35.4. The first-order chi connectivity index (χ1) is 13.2. The summed E-state index contributed by atoms with van der Waals surface area (Å²) in [5, 5.41) is 2.58. The third-order valence-corrected chi connectivity index (χ3v) is 5.58. The molecule has 2 aromatic carbocycles. The maximum atomic E-state index is 12.4. The Hall–Kier alpha value is -3.00. The molecule has 2 rings (SSSR count). The van der Waals surface area contributed by atoms with Gasteiger partial charge in [0.05, 0.1) is 17.1 Å². The zero-order valence-corrected chi connectivity index (χ0v) is 16.4. The van der Waals surface area contributed by atoms with Crippen molar-refractivity contribution in [2.75, 3.05) is 11.1 Å².